The van der Waals surface area contributed by atoms with Crippen molar-refractivity contribution in [3.05, 3.63) is 48.5 Å². The lowest BCUT2D eigenvalue weighted by molar-refractivity contribution is 0.242. The largest absolute Gasteiger partial charge is 0.494 e. The van der Waals surface area contributed by atoms with E-state index in [9.17, 15) is 4.79 Å². The summed E-state index contributed by atoms with van der Waals surface area (Å²) in [5.74, 6) is 1.50. The molecule has 2 aromatic carbocycles. The Balaban J connectivity index is 1.93. The lowest BCUT2D eigenvalue weighted by Gasteiger charge is -2.12. The van der Waals surface area contributed by atoms with Crippen LogP contribution in [0.2, 0.25) is 0 Å². The molecule has 0 aliphatic carbocycles. The SMILES string of the molecule is CCOc1ccc(NC(=O)Nc2cccc(OC(C)C)c2)cc1. The molecule has 0 heterocycles. The summed E-state index contributed by atoms with van der Waals surface area (Å²) in [7, 11) is 0. The molecule has 0 aromatic heterocycles. The Morgan fingerprint density at radius 1 is 1.00 bits per heavy atom. The van der Waals surface area contributed by atoms with Crippen molar-refractivity contribution in [3.63, 3.8) is 0 Å². The van der Waals surface area contributed by atoms with E-state index in [1.165, 1.54) is 0 Å². The fourth-order valence-corrected chi connectivity index (χ4v) is 2.01. The summed E-state index contributed by atoms with van der Waals surface area (Å²) in [6, 6.07) is 14.2. The maximum absolute atomic E-state index is 12.0. The molecule has 0 spiro atoms. The molecular formula is C18H22N2O3. The van der Waals surface area contributed by atoms with Gasteiger partial charge in [0, 0.05) is 17.4 Å². The third-order valence-electron chi connectivity index (χ3n) is 2.89. The summed E-state index contributed by atoms with van der Waals surface area (Å²) in [6.07, 6.45) is 0.0860. The lowest BCUT2D eigenvalue weighted by atomic mass is 10.3. The van der Waals surface area contributed by atoms with Crippen molar-refractivity contribution in [2.24, 2.45) is 0 Å². The molecule has 2 aromatic rings. The van der Waals surface area contributed by atoms with E-state index in [0.717, 1.165) is 11.5 Å². The Kier molecular flexibility index (Phi) is 5.86. The Labute approximate surface area is 136 Å². The van der Waals surface area contributed by atoms with Crippen LogP contribution in [0.4, 0.5) is 16.2 Å². The lowest BCUT2D eigenvalue weighted by Crippen LogP contribution is -2.19. The highest BCUT2D eigenvalue weighted by molar-refractivity contribution is 5.99. The van der Waals surface area contributed by atoms with Gasteiger partial charge in [-0.3, -0.25) is 0 Å². The number of rotatable bonds is 6. The van der Waals surface area contributed by atoms with Gasteiger partial charge in [0.1, 0.15) is 11.5 Å². The first-order chi connectivity index (χ1) is 11.1. The second kappa shape index (κ2) is 8.08. The van der Waals surface area contributed by atoms with Crippen molar-refractivity contribution in [1.82, 2.24) is 0 Å². The minimum atomic E-state index is -0.309. The first-order valence-electron chi connectivity index (χ1n) is 7.64. The van der Waals surface area contributed by atoms with Crippen molar-refractivity contribution in [1.29, 1.82) is 0 Å². The molecule has 23 heavy (non-hydrogen) atoms. The van der Waals surface area contributed by atoms with E-state index in [4.69, 9.17) is 9.47 Å². The quantitative estimate of drug-likeness (QED) is 0.824. The predicted molar refractivity (Wildman–Crippen MR) is 92.5 cm³/mol. The zero-order valence-corrected chi connectivity index (χ0v) is 13.6. The van der Waals surface area contributed by atoms with E-state index in [2.05, 4.69) is 10.6 Å². The minimum absolute atomic E-state index is 0.0860. The summed E-state index contributed by atoms with van der Waals surface area (Å²) in [4.78, 5) is 12.0. The van der Waals surface area contributed by atoms with E-state index in [1.807, 2.05) is 51.1 Å². The molecule has 0 radical (unpaired) electrons. The maximum Gasteiger partial charge on any atom is 0.323 e. The molecule has 0 bridgehead atoms. The number of urea groups is 1. The summed E-state index contributed by atoms with van der Waals surface area (Å²) < 4.78 is 11.0. The monoisotopic (exact) mass is 314 g/mol. The highest BCUT2D eigenvalue weighted by Crippen LogP contribution is 2.19. The Bertz CT molecular complexity index is 639. The average molecular weight is 314 g/mol. The highest BCUT2D eigenvalue weighted by Gasteiger charge is 2.05. The van der Waals surface area contributed by atoms with Gasteiger partial charge in [-0.05, 0) is 57.2 Å². The van der Waals surface area contributed by atoms with Crippen LogP contribution in [0.15, 0.2) is 48.5 Å². The van der Waals surface area contributed by atoms with E-state index in [-0.39, 0.29) is 12.1 Å². The first kappa shape index (κ1) is 16.7. The third-order valence-corrected chi connectivity index (χ3v) is 2.89. The van der Waals surface area contributed by atoms with Crippen molar-refractivity contribution in [2.45, 2.75) is 26.9 Å². The smallest absolute Gasteiger partial charge is 0.323 e. The second-order valence-corrected chi connectivity index (χ2v) is 5.23. The number of carbonyl (C=O) groups excluding carboxylic acids is 1. The number of anilines is 2. The first-order valence-corrected chi connectivity index (χ1v) is 7.64. The topological polar surface area (TPSA) is 59.6 Å². The van der Waals surface area contributed by atoms with Gasteiger partial charge in [0.2, 0.25) is 0 Å². The van der Waals surface area contributed by atoms with Crippen LogP contribution < -0.4 is 20.1 Å². The minimum Gasteiger partial charge on any atom is -0.494 e. The van der Waals surface area contributed by atoms with Crippen LogP contribution in [0, 0.1) is 0 Å². The van der Waals surface area contributed by atoms with Gasteiger partial charge in [0.05, 0.1) is 12.7 Å². The molecule has 0 aliphatic rings. The van der Waals surface area contributed by atoms with Gasteiger partial charge in [-0.2, -0.15) is 0 Å². The molecular weight excluding hydrogens is 292 g/mol. The molecule has 5 nitrogen and oxygen atoms in total. The molecule has 2 N–H and O–H groups in total. The predicted octanol–water partition coefficient (Wildman–Crippen LogP) is 4.52. The number of carbonyl (C=O) groups is 1. The van der Waals surface area contributed by atoms with Crippen LogP contribution in [-0.2, 0) is 0 Å². The molecule has 2 rings (SSSR count). The molecule has 122 valence electrons. The number of benzene rings is 2. The van der Waals surface area contributed by atoms with Gasteiger partial charge in [0.15, 0.2) is 0 Å². The van der Waals surface area contributed by atoms with Gasteiger partial charge >= 0.3 is 6.03 Å². The van der Waals surface area contributed by atoms with E-state index in [0.29, 0.717) is 18.0 Å². The molecule has 0 unspecified atom stereocenters. The molecule has 5 heteroatoms. The van der Waals surface area contributed by atoms with Crippen LogP contribution in [0.3, 0.4) is 0 Å². The molecule has 0 saturated heterocycles. The Morgan fingerprint density at radius 3 is 2.35 bits per heavy atom. The van der Waals surface area contributed by atoms with Crippen LogP contribution in [-0.4, -0.2) is 18.7 Å². The van der Waals surface area contributed by atoms with E-state index >= 15 is 0 Å². The molecule has 0 atom stereocenters. The van der Waals surface area contributed by atoms with Crippen molar-refractivity contribution in [2.75, 3.05) is 17.2 Å². The average Bonchev–Trinajstić information content (AvgIpc) is 2.49. The summed E-state index contributed by atoms with van der Waals surface area (Å²) in [6.45, 7) is 6.45. The zero-order valence-electron chi connectivity index (χ0n) is 13.6. The Morgan fingerprint density at radius 2 is 1.70 bits per heavy atom. The van der Waals surface area contributed by atoms with Crippen LogP contribution in [0.5, 0.6) is 11.5 Å². The normalized spacial score (nSPS) is 10.3. The fourth-order valence-electron chi connectivity index (χ4n) is 2.01. The number of nitrogens with one attached hydrogen (secondary N) is 2. The van der Waals surface area contributed by atoms with Crippen LogP contribution in [0.1, 0.15) is 20.8 Å². The third kappa shape index (κ3) is 5.54. The molecule has 0 saturated carbocycles. The van der Waals surface area contributed by atoms with Crippen LogP contribution in [0.25, 0.3) is 0 Å². The van der Waals surface area contributed by atoms with Crippen molar-refractivity contribution >= 4 is 17.4 Å². The Hall–Kier alpha value is -2.69. The van der Waals surface area contributed by atoms with Gasteiger partial charge in [0.25, 0.3) is 0 Å². The number of hydrogen-bond donors (Lipinski definition) is 2. The number of amides is 2. The zero-order chi connectivity index (χ0) is 16.7. The van der Waals surface area contributed by atoms with Gasteiger partial charge in [-0.15, -0.1) is 0 Å². The fraction of sp³-hybridized carbons (Fsp3) is 0.278. The van der Waals surface area contributed by atoms with Crippen LogP contribution >= 0.6 is 0 Å². The van der Waals surface area contributed by atoms with Gasteiger partial charge < -0.3 is 20.1 Å². The van der Waals surface area contributed by atoms with Gasteiger partial charge in [-0.1, -0.05) is 6.07 Å². The molecule has 0 fully saturated rings. The maximum atomic E-state index is 12.0. The number of hydrogen-bond acceptors (Lipinski definition) is 3. The number of ether oxygens (including phenoxy) is 2. The summed E-state index contributed by atoms with van der Waals surface area (Å²) in [5, 5.41) is 5.56. The molecule has 0 aliphatic heterocycles. The summed E-state index contributed by atoms with van der Waals surface area (Å²) in [5.41, 5.74) is 1.37. The van der Waals surface area contributed by atoms with E-state index < -0.39 is 0 Å². The van der Waals surface area contributed by atoms with Gasteiger partial charge in [-0.25, -0.2) is 4.79 Å². The molecule has 2 amide bonds. The van der Waals surface area contributed by atoms with Crippen molar-refractivity contribution in [3.8, 4) is 11.5 Å². The standard InChI is InChI=1S/C18H22N2O3/c1-4-22-16-10-8-14(9-11-16)19-18(21)20-15-6-5-7-17(12-15)23-13(2)3/h5-13H,4H2,1-3H3,(H2,19,20,21). The highest BCUT2D eigenvalue weighted by atomic mass is 16.5. The second-order valence-electron chi connectivity index (χ2n) is 5.23. The van der Waals surface area contributed by atoms with E-state index in [1.54, 1.807) is 18.2 Å². The van der Waals surface area contributed by atoms with Crippen molar-refractivity contribution < 1.29 is 14.3 Å². The summed E-state index contributed by atoms with van der Waals surface area (Å²) >= 11 is 0.